The number of ether oxygens (including phenoxy) is 1. The van der Waals surface area contributed by atoms with Gasteiger partial charge in [-0.2, -0.15) is 0 Å². The largest absolute Gasteiger partial charge is 0.459 e. The lowest BCUT2D eigenvalue weighted by Crippen LogP contribution is -2.72. The Morgan fingerprint density at radius 1 is 1.44 bits per heavy atom. The van der Waals surface area contributed by atoms with Crippen LogP contribution in [0.3, 0.4) is 0 Å². The summed E-state index contributed by atoms with van der Waals surface area (Å²) in [7, 11) is 0. The number of fused-ring (bicyclic) bond motifs is 3. The molecule has 11 heteroatoms. The van der Waals surface area contributed by atoms with Crippen LogP contribution in [-0.4, -0.2) is 54.8 Å². The van der Waals surface area contributed by atoms with Crippen LogP contribution in [0, 0.1) is 0 Å². The van der Waals surface area contributed by atoms with Crippen molar-refractivity contribution in [2.45, 2.75) is 45.3 Å². The van der Waals surface area contributed by atoms with E-state index in [2.05, 4.69) is 5.32 Å². The number of carbonyl (C=O) groups is 3. The van der Waals surface area contributed by atoms with Gasteiger partial charge in [0, 0.05) is 11.3 Å². The van der Waals surface area contributed by atoms with Gasteiger partial charge in [0.15, 0.2) is 5.54 Å². The third kappa shape index (κ3) is 3.13. The first-order valence-corrected chi connectivity index (χ1v) is 11.0. The smallest absolute Gasteiger partial charge is 0.333 e. The molecule has 2 amide bonds. The Labute approximate surface area is 178 Å². The van der Waals surface area contributed by atoms with Crippen LogP contribution in [0.25, 0.3) is 0 Å². The Morgan fingerprint density at radius 3 is 2.81 bits per heavy atom. The van der Waals surface area contributed by atoms with Crippen LogP contribution in [-0.2, 0) is 25.5 Å². The number of thioether (sulfide) groups is 1. The molecular weight excluding hydrogens is 455 g/mol. The molecule has 0 bridgehead atoms. The lowest BCUT2D eigenvalue weighted by atomic mass is 10.0. The SMILES string of the molecule is CC12CC1(C(=O)OCC(Cl)(Cl)Cl)N1C(=O)C(NC(=O)Cc3cccs3)[C@H]1S2. The zero-order valence-electron chi connectivity index (χ0n) is 14.0. The number of nitrogens with zero attached hydrogens (tertiary/aromatic N) is 1. The van der Waals surface area contributed by atoms with Crippen molar-refractivity contribution >= 4 is 75.7 Å². The zero-order chi connectivity index (χ0) is 19.6. The maximum atomic E-state index is 12.7. The van der Waals surface area contributed by atoms with E-state index in [1.807, 2.05) is 24.4 Å². The van der Waals surface area contributed by atoms with E-state index in [0.717, 1.165) is 4.88 Å². The van der Waals surface area contributed by atoms with E-state index in [1.165, 1.54) is 28.0 Å². The fourth-order valence-electron chi connectivity index (χ4n) is 3.76. The number of thiophene rings is 1. The van der Waals surface area contributed by atoms with Crippen molar-refractivity contribution in [1.82, 2.24) is 10.2 Å². The molecule has 0 spiro atoms. The second-order valence-corrected chi connectivity index (χ2v) is 12.1. The molecule has 3 fully saturated rings. The number of β-lactam (4-membered cyclic amide) rings is 1. The van der Waals surface area contributed by atoms with Crippen molar-refractivity contribution in [2.24, 2.45) is 0 Å². The summed E-state index contributed by atoms with van der Waals surface area (Å²) in [6.45, 7) is 1.52. The molecule has 146 valence electrons. The van der Waals surface area contributed by atoms with Gasteiger partial charge in [0.2, 0.25) is 15.6 Å². The molecule has 3 unspecified atom stereocenters. The first-order chi connectivity index (χ1) is 12.6. The van der Waals surface area contributed by atoms with E-state index >= 15 is 0 Å². The number of amides is 2. The average molecular weight is 470 g/mol. The summed E-state index contributed by atoms with van der Waals surface area (Å²) >= 11 is 19.9. The van der Waals surface area contributed by atoms with Crippen LogP contribution < -0.4 is 5.32 Å². The molecule has 4 rings (SSSR count). The normalized spacial score (nSPS) is 33.8. The molecule has 27 heavy (non-hydrogen) atoms. The van der Waals surface area contributed by atoms with Gasteiger partial charge in [-0.05, 0) is 18.4 Å². The van der Waals surface area contributed by atoms with E-state index in [1.54, 1.807) is 0 Å². The summed E-state index contributed by atoms with van der Waals surface area (Å²) in [6.07, 6.45) is 0.716. The molecule has 3 heterocycles. The number of halogens is 3. The number of nitrogens with one attached hydrogen (secondary N) is 1. The van der Waals surface area contributed by atoms with Gasteiger partial charge in [-0.3, -0.25) is 9.59 Å². The molecule has 1 saturated carbocycles. The molecule has 1 aromatic rings. The second-order valence-electron chi connectivity index (χ2n) is 6.98. The summed E-state index contributed by atoms with van der Waals surface area (Å²) in [5.74, 6) is -1.06. The molecule has 4 atom stereocenters. The topological polar surface area (TPSA) is 75.7 Å². The predicted molar refractivity (Wildman–Crippen MR) is 105 cm³/mol. The maximum Gasteiger partial charge on any atom is 0.333 e. The summed E-state index contributed by atoms with van der Waals surface area (Å²) in [4.78, 5) is 40.0. The molecule has 1 aromatic heterocycles. The highest BCUT2D eigenvalue weighted by atomic mass is 35.6. The highest BCUT2D eigenvalue weighted by Gasteiger charge is 2.85. The molecule has 6 nitrogen and oxygen atoms in total. The minimum Gasteiger partial charge on any atom is -0.459 e. The molecule has 1 N–H and O–H groups in total. The molecule has 0 aromatic carbocycles. The van der Waals surface area contributed by atoms with Crippen LogP contribution in [0.5, 0.6) is 0 Å². The van der Waals surface area contributed by atoms with Crippen molar-refractivity contribution < 1.29 is 19.1 Å². The molecule has 0 radical (unpaired) electrons. The molecular formula is C16H15Cl3N2O4S2. The summed E-state index contributed by atoms with van der Waals surface area (Å²) in [6, 6.07) is 3.11. The summed E-state index contributed by atoms with van der Waals surface area (Å²) in [5, 5.41) is 4.39. The van der Waals surface area contributed by atoms with Gasteiger partial charge in [-0.15, -0.1) is 23.1 Å². The first-order valence-electron chi connectivity index (χ1n) is 8.14. The Hall–Kier alpha value is -0.670. The van der Waals surface area contributed by atoms with Crippen molar-refractivity contribution in [1.29, 1.82) is 0 Å². The lowest BCUT2D eigenvalue weighted by Gasteiger charge is -2.46. The Kier molecular flexibility index (Phi) is 4.67. The average Bonchev–Trinajstić information content (AvgIpc) is 2.89. The standard InChI is InChI=1S/C16H15Cl3N2O4S2/c1-14-6-15(14,13(24)25-7-16(17,18)19)21-11(23)10(12(21)27-14)20-9(22)5-8-3-2-4-26-8/h2-4,10,12H,5-7H2,1H3,(H,20,22)/t10?,12-,14?,15?/m1/s1. The van der Waals surface area contributed by atoms with Gasteiger partial charge in [-0.1, -0.05) is 40.9 Å². The quantitative estimate of drug-likeness (QED) is 0.407. The minimum atomic E-state index is -1.71. The Bertz CT molecular complexity index is 815. The lowest BCUT2D eigenvalue weighted by molar-refractivity contribution is -0.166. The number of hydrogen-bond acceptors (Lipinski definition) is 6. The molecule has 2 aliphatic heterocycles. The maximum absolute atomic E-state index is 12.7. The van der Waals surface area contributed by atoms with E-state index in [4.69, 9.17) is 39.5 Å². The molecule has 1 aliphatic carbocycles. The van der Waals surface area contributed by atoms with E-state index in [9.17, 15) is 14.4 Å². The van der Waals surface area contributed by atoms with Gasteiger partial charge in [0.05, 0.1) is 11.2 Å². The van der Waals surface area contributed by atoms with Crippen LogP contribution >= 0.6 is 57.9 Å². The highest BCUT2D eigenvalue weighted by Crippen LogP contribution is 2.72. The number of esters is 1. The van der Waals surface area contributed by atoms with Crippen molar-refractivity contribution in [2.75, 3.05) is 6.61 Å². The first kappa shape index (κ1) is 19.6. The van der Waals surface area contributed by atoms with Crippen LogP contribution in [0.1, 0.15) is 18.2 Å². The van der Waals surface area contributed by atoms with Crippen molar-refractivity contribution in [3.63, 3.8) is 0 Å². The van der Waals surface area contributed by atoms with E-state index < -0.39 is 26.1 Å². The molecule has 2 saturated heterocycles. The van der Waals surface area contributed by atoms with Gasteiger partial charge in [-0.25, -0.2) is 4.79 Å². The third-order valence-electron chi connectivity index (χ3n) is 5.11. The van der Waals surface area contributed by atoms with E-state index in [-0.39, 0.29) is 30.2 Å². The number of alkyl halides is 3. The van der Waals surface area contributed by atoms with Crippen LogP contribution in [0.4, 0.5) is 0 Å². The fraction of sp³-hybridized carbons (Fsp3) is 0.562. The zero-order valence-corrected chi connectivity index (χ0v) is 17.9. The number of hydrogen-bond donors (Lipinski definition) is 1. The predicted octanol–water partition coefficient (Wildman–Crippen LogP) is 2.51. The number of rotatable bonds is 5. The summed E-state index contributed by atoms with van der Waals surface area (Å²) < 4.78 is 3.00. The van der Waals surface area contributed by atoms with Gasteiger partial charge in [0.25, 0.3) is 0 Å². The van der Waals surface area contributed by atoms with Gasteiger partial charge < -0.3 is 15.0 Å². The van der Waals surface area contributed by atoms with E-state index in [0.29, 0.717) is 6.42 Å². The highest BCUT2D eigenvalue weighted by molar-refractivity contribution is 8.02. The van der Waals surface area contributed by atoms with Gasteiger partial charge >= 0.3 is 5.97 Å². The number of carbonyl (C=O) groups excluding carboxylic acids is 3. The van der Waals surface area contributed by atoms with Crippen molar-refractivity contribution in [3.05, 3.63) is 22.4 Å². The van der Waals surface area contributed by atoms with Crippen LogP contribution in [0.15, 0.2) is 17.5 Å². The summed E-state index contributed by atoms with van der Waals surface area (Å²) in [5.41, 5.74) is -1.04. The fourth-order valence-corrected chi connectivity index (χ4v) is 6.54. The van der Waals surface area contributed by atoms with Crippen LogP contribution in [0.2, 0.25) is 0 Å². The Balaban J connectivity index is 1.42. The van der Waals surface area contributed by atoms with Gasteiger partial charge in [0.1, 0.15) is 18.0 Å². The minimum absolute atomic E-state index is 0.213. The molecule has 3 aliphatic rings. The van der Waals surface area contributed by atoms with Crippen molar-refractivity contribution in [3.8, 4) is 0 Å². The monoisotopic (exact) mass is 468 g/mol. The third-order valence-corrected chi connectivity index (χ3v) is 8.04. The second kappa shape index (κ2) is 6.42. The Morgan fingerprint density at radius 2 is 2.19 bits per heavy atom.